The molecule has 0 radical (unpaired) electrons. The fourth-order valence-corrected chi connectivity index (χ4v) is 3.18. The van der Waals surface area contributed by atoms with Gasteiger partial charge in [0.15, 0.2) is 11.0 Å². The van der Waals surface area contributed by atoms with Crippen LogP contribution in [0.5, 0.6) is 0 Å². The minimum Gasteiger partial charge on any atom is -0.322 e. The van der Waals surface area contributed by atoms with Crippen molar-refractivity contribution in [2.45, 2.75) is 30.8 Å². The van der Waals surface area contributed by atoms with Crippen molar-refractivity contribution in [3.8, 4) is 5.69 Å². The normalized spacial score (nSPS) is 12.5. The summed E-state index contributed by atoms with van der Waals surface area (Å²) in [4.78, 5) is 0. The maximum absolute atomic E-state index is 6.10. The van der Waals surface area contributed by atoms with Crippen LogP contribution in [0.4, 0.5) is 0 Å². The highest BCUT2D eigenvalue weighted by molar-refractivity contribution is 7.98. The molecule has 120 valence electrons. The Morgan fingerprint density at radius 2 is 2.17 bits per heavy atom. The van der Waals surface area contributed by atoms with Crippen LogP contribution in [-0.4, -0.2) is 25.1 Å². The summed E-state index contributed by atoms with van der Waals surface area (Å²) in [5.41, 5.74) is 8.42. The number of rotatable bonds is 5. The van der Waals surface area contributed by atoms with Crippen molar-refractivity contribution in [2.24, 2.45) is 5.73 Å². The van der Waals surface area contributed by atoms with Crippen molar-refractivity contribution >= 4 is 23.4 Å². The van der Waals surface area contributed by atoms with E-state index in [9.17, 15) is 0 Å². The third-order valence-corrected chi connectivity index (χ3v) is 4.39. The van der Waals surface area contributed by atoms with Gasteiger partial charge in [0.1, 0.15) is 11.4 Å². The zero-order chi connectivity index (χ0) is 16.4. The highest BCUT2D eigenvalue weighted by Crippen LogP contribution is 2.28. The van der Waals surface area contributed by atoms with Crippen LogP contribution < -0.4 is 5.73 Å². The minimum atomic E-state index is -0.258. The van der Waals surface area contributed by atoms with Crippen molar-refractivity contribution in [1.82, 2.24) is 25.1 Å². The van der Waals surface area contributed by atoms with Gasteiger partial charge < -0.3 is 5.73 Å². The molecule has 3 rings (SSSR count). The Bertz CT molecular complexity index is 815. The number of halogens is 1. The molecule has 2 N–H and O–H groups in total. The molecule has 0 amide bonds. The number of benzene rings is 1. The van der Waals surface area contributed by atoms with Crippen molar-refractivity contribution in [3.63, 3.8) is 0 Å². The lowest BCUT2D eigenvalue weighted by Crippen LogP contribution is -2.13. The molecule has 0 spiro atoms. The summed E-state index contributed by atoms with van der Waals surface area (Å²) in [5, 5.41) is 17.5. The molecule has 9 heteroatoms. The molecule has 0 saturated heterocycles. The Kier molecular flexibility index (Phi) is 4.65. The zero-order valence-corrected chi connectivity index (χ0v) is 14.2. The summed E-state index contributed by atoms with van der Waals surface area (Å²) < 4.78 is 6.62. The number of aryl methyl sites for hydroxylation is 1. The fraction of sp³-hybridized carbons (Fsp3) is 0.286. The molecule has 0 saturated carbocycles. The summed E-state index contributed by atoms with van der Waals surface area (Å²) in [7, 11) is 0. The van der Waals surface area contributed by atoms with Gasteiger partial charge in [-0.15, -0.1) is 10.2 Å². The van der Waals surface area contributed by atoms with Gasteiger partial charge in [0, 0.05) is 10.8 Å². The first-order valence-corrected chi connectivity index (χ1v) is 8.30. The lowest BCUT2D eigenvalue weighted by atomic mass is 10.3. The molecule has 0 unspecified atom stereocenters. The molecule has 0 aliphatic carbocycles. The smallest absolute Gasteiger partial charge is 0.196 e. The van der Waals surface area contributed by atoms with Gasteiger partial charge in [-0.25, -0.2) is 4.63 Å². The predicted octanol–water partition coefficient (Wildman–Crippen LogP) is 2.92. The molecule has 2 aromatic heterocycles. The molecule has 1 atom stereocenters. The molecule has 7 nitrogen and oxygen atoms in total. The van der Waals surface area contributed by atoms with Gasteiger partial charge in [0.05, 0.1) is 11.7 Å². The number of thioether (sulfide) groups is 1. The third-order valence-electron chi connectivity index (χ3n) is 3.22. The second kappa shape index (κ2) is 6.69. The second-order valence-electron chi connectivity index (χ2n) is 5.03. The van der Waals surface area contributed by atoms with Crippen LogP contribution in [0.25, 0.3) is 5.69 Å². The van der Waals surface area contributed by atoms with Crippen LogP contribution in [0.15, 0.2) is 34.1 Å². The molecule has 0 aliphatic rings. The Morgan fingerprint density at radius 3 is 2.83 bits per heavy atom. The van der Waals surface area contributed by atoms with Gasteiger partial charge >= 0.3 is 0 Å². The van der Waals surface area contributed by atoms with Crippen LogP contribution in [0.1, 0.15) is 30.2 Å². The SMILES string of the molecule is Cc1nonc1CSc1nnc([C@@H](C)N)n1-c1cccc(Cl)c1. The van der Waals surface area contributed by atoms with E-state index in [0.29, 0.717) is 21.8 Å². The van der Waals surface area contributed by atoms with E-state index >= 15 is 0 Å². The van der Waals surface area contributed by atoms with Crippen LogP contribution in [0.3, 0.4) is 0 Å². The first-order chi connectivity index (χ1) is 11.1. The molecule has 1 aromatic carbocycles. The van der Waals surface area contributed by atoms with E-state index in [0.717, 1.165) is 17.1 Å². The first kappa shape index (κ1) is 16.0. The molecule has 0 aliphatic heterocycles. The Morgan fingerprint density at radius 1 is 1.35 bits per heavy atom. The van der Waals surface area contributed by atoms with E-state index in [1.807, 2.05) is 42.7 Å². The number of hydrogen-bond acceptors (Lipinski definition) is 7. The molecular weight excluding hydrogens is 336 g/mol. The summed E-state index contributed by atoms with van der Waals surface area (Å²) in [6.07, 6.45) is 0. The summed E-state index contributed by atoms with van der Waals surface area (Å²) in [5.74, 6) is 1.25. The number of aromatic nitrogens is 5. The van der Waals surface area contributed by atoms with Crippen molar-refractivity contribution < 1.29 is 4.63 Å². The Labute approximate surface area is 142 Å². The molecule has 0 bridgehead atoms. The Balaban J connectivity index is 1.96. The molecule has 23 heavy (non-hydrogen) atoms. The lowest BCUT2D eigenvalue weighted by Gasteiger charge is -2.12. The lowest BCUT2D eigenvalue weighted by molar-refractivity contribution is 0.302. The molecule has 2 heterocycles. The van der Waals surface area contributed by atoms with Crippen molar-refractivity contribution in [1.29, 1.82) is 0 Å². The summed E-state index contributed by atoms with van der Waals surface area (Å²) in [6, 6.07) is 7.23. The largest absolute Gasteiger partial charge is 0.322 e. The van der Waals surface area contributed by atoms with Crippen LogP contribution >= 0.6 is 23.4 Å². The topological polar surface area (TPSA) is 95.7 Å². The van der Waals surface area contributed by atoms with Gasteiger partial charge in [0.2, 0.25) is 0 Å². The average molecular weight is 351 g/mol. The summed E-state index contributed by atoms with van der Waals surface area (Å²) >= 11 is 7.59. The van der Waals surface area contributed by atoms with Crippen molar-refractivity contribution in [2.75, 3.05) is 0 Å². The van der Waals surface area contributed by atoms with Crippen LogP contribution in [-0.2, 0) is 5.75 Å². The van der Waals surface area contributed by atoms with E-state index in [1.54, 1.807) is 0 Å². The van der Waals surface area contributed by atoms with E-state index in [4.69, 9.17) is 22.0 Å². The molecular formula is C14H15ClN6OS. The van der Waals surface area contributed by atoms with Crippen LogP contribution in [0, 0.1) is 6.92 Å². The van der Waals surface area contributed by atoms with E-state index in [-0.39, 0.29) is 6.04 Å². The summed E-state index contributed by atoms with van der Waals surface area (Å²) in [6.45, 7) is 3.71. The first-order valence-electron chi connectivity index (χ1n) is 6.94. The van der Waals surface area contributed by atoms with Gasteiger partial charge in [-0.2, -0.15) is 0 Å². The maximum Gasteiger partial charge on any atom is 0.196 e. The number of nitrogens with zero attached hydrogens (tertiary/aromatic N) is 5. The van der Waals surface area contributed by atoms with Gasteiger partial charge in [-0.1, -0.05) is 39.7 Å². The van der Waals surface area contributed by atoms with Crippen molar-refractivity contribution in [3.05, 3.63) is 46.5 Å². The highest BCUT2D eigenvalue weighted by atomic mass is 35.5. The second-order valence-corrected chi connectivity index (χ2v) is 6.41. The van der Waals surface area contributed by atoms with E-state index in [2.05, 4.69) is 20.5 Å². The maximum atomic E-state index is 6.10. The van der Waals surface area contributed by atoms with E-state index in [1.165, 1.54) is 11.8 Å². The van der Waals surface area contributed by atoms with E-state index < -0.39 is 0 Å². The van der Waals surface area contributed by atoms with Gasteiger partial charge in [0.25, 0.3) is 0 Å². The molecule has 3 aromatic rings. The zero-order valence-electron chi connectivity index (χ0n) is 12.6. The quantitative estimate of drug-likeness (QED) is 0.706. The standard InChI is InChI=1S/C14H15ClN6OS/c1-8(16)13-17-18-14(23-7-12-9(2)19-22-20-12)21(13)11-5-3-4-10(15)6-11/h3-6,8H,7,16H2,1-2H3/t8-/m1/s1. The highest BCUT2D eigenvalue weighted by Gasteiger charge is 2.18. The van der Waals surface area contributed by atoms with Gasteiger partial charge in [-0.3, -0.25) is 4.57 Å². The Hall–Kier alpha value is -1.90. The predicted molar refractivity (Wildman–Crippen MR) is 87.6 cm³/mol. The van der Waals surface area contributed by atoms with Gasteiger partial charge in [-0.05, 0) is 32.0 Å². The monoisotopic (exact) mass is 350 g/mol. The number of hydrogen-bond donors (Lipinski definition) is 1. The average Bonchev–Trinajstić information content (AvgIpc) is 3.11. The third kappa shape index (κ3) is 3.39. The fourth-order valence-electron chi connectivity index (χ4n) is 2.04. The molecule has 0 fully saturated rings. The minimum absolute atomic E-state index is 0.258. The number of nitrogens with two attached hydrogens (primary N) is 1. The van der Waals surface area contributed by atoms with Crippen LogP contribution in [0.2, 0.25) is 5.02 Å².